The number of aryl methyl sites for hydroxylation is 1. The van der Waals surface area contributed by atoms with Crippen molar-refractivity contribution in [1.29, 1.82) is 0 Å². The average Bonchev–Trinajstić information content (AvgIpc) is 2.53. The Kier molecular flexibility index (Phi) is 6.39. The maximum Gasteiger partial charge on any atom is 0.246 e. The van der Waals surface area contributed by atoms with E-state index in [2.05, 4.69) is 15.4 Å². The van der Waals surface area contributed by atoms with E-state index in [9.17, 15) is 13.2 Å². The number of hydrogen-bond acceptors (Lipinski definition) is 4. The zero-order valence-electron chi connectivity index (χ0n) is 14.4. The van der Waals surface area contributed by atoms with Crippen LogP contribution in [0.4, 0.5) is 17.1 Å². The molecule has 0 spiro atoms. The highest BCUT2D eigenvalue weighted by atomic mass is 35.5. The minimum Gasteiger partial charge on any atom is -0.374 e. The molecule has 2 aromatic rings. The number of halogens is 2. The highest BCUT2D eigenvalue weighted by molar-refractivity contribution is 7.92. The van der Waals surface area contributed by atoms with Crippen LogP contribution in [0.25, 0.3) is 0 Å². The number of carbonyl (C=O) groups is 1. The van der Waals surface area contributed by atoms with Crippen molar-refractivity contribution in [2.45, 2.75) is 19.9 Å². The number of rotatable bonds is 6. The second-order valence-electron chi connectivity index (χ2n) is 5.86. The van der Waals surface area contributed by atoms with Crippen LogP contribution in [0.5, 0.6) is 0 Å². The molecule has 0 bridgehead atoms. The molecule has 26 heavy (non-hydrogen) atoms. The Balaban J connectivity index is 2.11. The Morgan fingerprint density at radius 3 is 2.46 bits per heavy atom. The first-order valence-electron chi connectivity index (χ1n) is 7.66. The van der Waals surface area contributed by atoms with E-state index >= 15 is 0 Å². The molecule has 0 radical (unpaired) electrons. The van der Waals surface area contributed by atoms with E-state index in [0.29, 0.717) is 22.1 Å². The van der Waals surface area contributed by atoms with Crippen molar-refractivity contribution >= 4 is 56.2 Å². The third kappa shape index (κ3) is 5.52. The predicted molar refractivity (Wildman–Crippen MR) is 108 cm³/mol. The van der Waals surface area contributed by atoms with Crippen molar-refractivity contribution in [2.75, 3.05) is 21.6 Å². The zero-order chi connectivity index (χ0) is 19.5. The van der Waals surface area contributed by atoms with Gasteiger partial charge in [0.1, 0.15) is 6.04 Å². The number of amides is 1. The molecule has 140 valence electrons. The van der Waals surface area contributed by atoms with Gasteiger partial charge in [-0.15, -0.1) is 0 Å². The topological polar surface area (TPSA) is 87.3 Å². The highest BCUT2D eigenvalue weighted by Crippen LogP contribution is 2.29. The highest BCUT2D eigenvalue weighted by Gasteiger charge is 2.16. The van der Waals surface area contributed by atoms with Crippen LogP contribution >= 0.6 is 23.2 Å². The number of benzene rings is 2. The van der Waals surface area contributed by atoms with Crippen molar-refractivity contribution in [3.8, 4) is 0 Å². The van der Waals surface area contributed by atoms with Crippen molar-refractivity contribution in [3.63, 3.8) is 0 Å². The van der Waals surface area contributed by atoms with Crippen LogP contribution in [0, 0.1) is 6.92 Å². The molecule has 0 aromatic heterocycles. The first-order chi connectivity index (χ1) is 12.1. The molecule has 2 rings (SSSR count). The van der Waals surface area contributed by atoms with Crippen molar-refractivity contribution in [3.05, 3.63) is 52.0 Å². The van der Waals surface area contributed by atoms with Gasteiger partial charge in [0.25, 0.3) is 0 Å². The molecular weight excluding hydrogens is 397 g/mol. The fraction of sp³-hybridized carbons (Fsp3) is 0.235. The third-order valence-electron chi connectivity index (χ3n) is 3.52. The van der Waals surface area contributed by atoms with Gasteiger partial charge < -0.3 is 10.6 Å². The molecule has 2 aromatic carbocycles. The zero-order valence-corrected chi connectivity index (χ0v) is 16.8. The molecule has 9 heteroatoms. The summed E-state index contributed by atoms with van der Waals surface area (Å²) in [6, 6.07) is 9.52. The number of sulfonamides is 1. The standard InChI is InChI=1S/C17H19Cl2N3O3S/c1-10-7-8-12(9-15(10)22-26(3,24)25)20-11(2)17(23)21-14-6-4-5-13(18)16(14)19/h4-9,11,20,22H,1-3H3,(H,21,23). The summed E-state index contributed by atoms with van der Waals surface area (Å²) in [6.07, 6.45) is 1.08. The van der Waals surface area contributed by atoms with Crippen LogP contribution < -0.4 is 15.4 Å². The molecule has 0 aliphatic heterocycles. The van der Waals surface area contributed by atoms with Gasteiger partial charge in [0.05, 0.1) is 27.7 Å². The normalized spacial score (nSPS) is 12.3. The Morgan fingerprint density at radius 2 is 1.81 bits per heavy atom. The van der Waals surface area contributed by atoms with Gasteiger partial charge in [-0.3, -0.25) is 9.52 Å². The molecule has 0 heterocycles. The van der Waals surface area contributed by atoms with Gasteiger partial charge in [-0.1, -0.05) is 35.3 Å². The lowest BCUT2D eigenvalue weighted by Gasteiger charge is -2.17. The summed E-state index contributed by atoms with van der Waals surface area (Å²) in [5.41, 5.74) is 2.23. The molecule has 1 atom stereocenters. The Bertz CT molecular complexity index is 933. The second kappa shape index (κ2) is 8.16. The SMILES string of the molecule is Cc1ccc(NC(C)C(=O)Nc2cccc(Cl)c2Cl)cc1NS(C)(=O)=O. The smallest absolute Gasteiger partial charge is 0.246 e. The minimum atomic E-state index is -3.40. The van der Waals surface area contributed by atoms with Crippen LogP contribution in [-0.2, 0) is 14.8 Å². The fourth-order valence-corrected chi connectivity index (χ4v) is 3.15. The number of anilines is 3. The van der Waals surface area contributed by atoms with Crippen molar-refractivity contribution in [1.82, 2.24) is 0 Å². The summed E-state index contributed by atoms with van der Waals surface area (Å²) >= 11 is 12.0. The average molecular weight is 416 g/mol. The maximum absolute atomic E-state index is 12.4. The quantitative estimate of drug-likeness (QED) is 0.662. The molecule has 3 N–H and O–H groups in total. The monoisotopic (exact) mass is 415 g/mol. The Morgan fingerprint density at radius 1 is 1.12 bits per heavy atom. The van der Waals surface area contributed by atoms with Gasteiger partial charge in [0.2, 0.25) is 15.9 Å². The second-order valence-corrected chi connectivity index (χ2v) is 8.39. The van der Waals surface area contributed by atoms with Crippen molar-refractivity contribution in [2.24, 2.45) is 0 Å². The predicted octanol–water partition coefficient (Wildman–Crippen LogP) is 4.11. The maximum atomic E-state index is 12.4. The number of hydrogen-bond donors (Lipinski definition) is 3. The summed E-state index contributed by atoms with van der Waals surface area (Å²) in [4.78, 5) is 12.4. The Labute approximate surface area is 162 Å². The molecule has 0 aliphatic rings. The lowest BCUT2D eigenvalue weighted by Crippen LogP contribution is -2.32. The van der Waals surface area contributed by atoms with Gasteiger partial charge in [0, 0.05) is 5.69 Å². The summed E-state index contributed by atoms with van der Waals surface area (Å²) in [5, 5.41) is 6.35. The summed E-state index contributed by atoms with van der Waals surface area (Å²) < 4.78 is 25.3. The summed E-state index contributed by atoms with van der Waals surface area (Å²) in [6.45, 7) is 3.46. The molecule has 0 fully saturated rings. The summed E-state index contributed by atoms with van der Waals surface area (Å²) in [7, 11) is -3.40. The summed E-state index contributed by atoms with van der Waals surface area (Å²) in [5.74, 6) is -0.313. The minimum absolute atomic E-state index is 0.268. The molecule has 1 amide bonds. The molecule has 6 nitrogen and oxygen atoms in total. The van der Waals surface area contributed by atoms with Crippen LogP contribution in [0.2, 0.25) is 10.0 Å². The van der Waals surface area contributed by atoms with Gasteiger partial charge in [-0.25, -0.2) is 8.42 Å². The van der Waals surface area contributed by atoms with Gasteiger partial charge in [0.15, 0.2) is 0 Å². The largest absolute Gasteiger partial charge is 0.374 e. The lowest BCUT2D eigenvalue weighted by molar-refractivity contribution is -0.116. The van der Waals surface area contributed by atoms with E-state index in [4.69, 9.17) is 23.2 Å². The van der Waals surface area contributed by atoms with Crippen LogP contribution in [-0.4, -0.2) is 26.6 Å². The molecule has 0 saturated carbocycles. The van der Waals surface area contributed by atoms with Crippen LogP contribution in [0.1, 0.15) is 12.5 Å². The van der Waals surface area contributed by atoms with Gasteiger partial charge >= 0.3 is 0 Å². The molecule has 0 aliphatic carbocycles. The first kappa shape index (κ1) is 20.4. The fourth-order valence-electron chi connectivity index (χ4n) is 2.18. The molecule has 1 unspecified atom stereocenters. The number of nitrogens with one attached hydrogen (secondary N) is 3. The van der Waals surface area contributed by atoms with E-state index in [-0.39, 0.29) is 10.9 Å². The van der Waals surface area contributed by atoms with E-state index in [1.54, 1.807) is 50.2 Å². The molecule has 0 saturated heterocycles. The van der Waals surface area contributed by atoms with E-state index in [1.165, 1.54) is 0 Å². The molecular formula is C17H19Cl2N3O3S. The Hall–Kier alpha value is -1.96. The van der Waals surface area contributed by atoms with Gasteiger partial charge in [-0.2, -0.15) is 0 Å². The van der Waals surface area contributed by atoms with Crippen LogP contribution in [0.15, 0.2) is 36.4 Å². The van der Waals surface area contributed by atoms with E-state index in [1.807, 2.05) is 0 Å². The first-order valence-corrected chi connectivity index (χ1v) is 10.3. The van der Waals surface area contributed by atoms with E-state index in [0.717, 1.165) is 11.8 Å². The third-order valence-corrected chi connectivity index (χ3v) is 4.93. The van der Waals surface area contributed by atoms with Crippen molar-refractivity contribution < 1.29 is 13.2 Å². The number of carbonyl (C=O) groups excluding carboxylic acids is 1. The van der Waals surface area contributed by atoms with Gasteiger partial charge in [-0.05, 0) is 43.7 Å². The van der Waals surface area contributed by atoms with E-state index < -0.39 is 16.1 Å². The lowest BCUT2D eigenvalue weighted by atomic mass is 10.1. The van der Waals surface area contributed by atoms with Crippen LogP contribution in [0.3, 0.4) is 0 Å².